The van der Waals surface area contributed by atoms with E-state index in [0.717, 1.165) is 5.69 Å². The molecule has 32 heavy (non-hydrogen) atoms. The molecule has 1 saturated heterocycles. The lowest BCUT2D eigenvalue weighted by molar-refractivity contribution is 0.123. The third-order valence-electron chi connectivity index (χ3n) is 5.44. The molecule has 13 heteroatoms. The zero-order valence-electron chi connectivity index (χ0n) is 17.4. The third-order valence-corrected chi connectivity index (χ3v) is 5.44. The summed E-state index contributed by atoms with van der Waals surface area (Å²) in [4.78, 5) is 27.8. The molecule has 10 nitrogen and oxygen atoms in total. The van der Waals surface area contributed by atoms with Crippen LogP contribution in [0.5, 0.6) is 0 Å². The van der Waals surface area contributed by atoms with Crippen LogP contribution in [0.4, 0.5) is 17.3 Å². The maximum atomic E-state index is 12.5. The summed E-state index contributed by atoms with van der Waals surface area (Å²) in [5.41, 5.74) is 3.27. The fourth-order valence-electron chi connectivity index (χ4n) is 3.75. The van der Waals surface area contributed by atoms with Crippen LogP contribution in [0.1, 0.15) is 5.56 Å². The predicted molar refractivity (Wildman–Crippen MR) is 123 cm³/mol. The van der Waals surface area contributed by atoms with Gasteiger partial charge in [0.25, 0.3) is 5.56 Å². The molecule has 154 valence electrons. The summed E-state index contributed by atoms with van der Waals surface area (Å²) in [5.74, 6) is 0.288. The quantitative estimate of drug-likeness (QED) is 0.443. The Balaban J connectivity index is 1.63. The van der Waals surface area contributed by atoms with Gasteiger partial charge in [-0.15, -0.1) is 5.11 Å². The number of ether oxygens (including phenoxy) is 1. The minimum absolute atomic E-state index is 0.138. The molecule has 6 radical (unpaired) electrons. The first-order valence-corrected chi connectivity index (χ1v) is 9.98. The fourth-order valence-corrected chi connectivity index (χ4v) is 3.75. The Morgan fingerprint density at radius 1 is 1.16 bits per heavy atom. The highest BCUT2D eigenvalue weighted by atomic mass is 16.5. The monoisotopic (exact) mass is 422 g/mol. The number of morpholine rings is 1. The van der Waals surface area contributed by atoms with E-state index in [2.05, 4.69) is 25.3 Å². The summed E-state index contributed by atoms with van der Waals surface area (Å²) < 4.78 is 8.52. The first-order valence-electron chi connectivity index (χ1n) is 9.98. The highest BCUT2D eigenvalue weighted by Crippen LogP contribution is 2.29. The molecule has 1 aliphatic rings. The minimum atomic E-state index is -1.63. The Bertz CT molecular complexity index is 1380. The Morgan fingerprint density at radius 3 is 2.69 bits per heavy atom. The van der Waals surface area contributed by atoms with Gasteiger partial charge in [-0.1, -0.05) is 0 Å². The molecule has 0 amide bonds. The van der Waals surface area contributed by atoms with Crippen LogP contribution in [0, 0.1) is 0 Å². The molecule has 0 bridgehead atoms. The number of anilines is 3. The molecule has 0 atom stereocenters. The molecule has 5 rings (SSSR count). The molecule has 1 N–H and O–H groups in total. The van der Waals surface area contributed by atoms with E-state index >= 15 is 0 Å². The van der Waals surface area contributed by atoms with Crippen molar-refractivity contribution in [2.45, 2.75) is 5.11 Å². The van der Waals surface area contributed by atoms with Crippen LogP contribution in [-0.4, -0.2) is 79.0 Å². The highest BCUT2D eigenvalue weighted by Gasteiger charge is 2.21. The number of aryl methyl sites for hydroxylation is 1. The molecule has 5 heterocycles. The summed E-state index contributed by atoms with van der Waals surface area (Å²) >= 11 is 0. The zero-order valence-corrected chi connectivity index (χ0v) is 17.4. The van der Waals surface area contributed by atoms with Crippen molar-refractivity contribution in [3.63, 3.8) is 0 Å². The lowest BCUT2D eigenvalue weighted by Gasteiger charge is -2.29. The van der Waals surface area contributed by atoms with E-state index in [-0.39, 0.29) is 11.5 Å². The molecular weight excluding hydrogens is 405 g/mol. The Hall–Kier alpha value is -3.34. The van der Waals surface area contributed by atoms with E-state index in [1.807, 2.05) is 0 Å². The van der Waals surface area contributed by atoms with E-state index in [9.17, 15) is 4.79 Å². The van der Waals surface area contributed by atoms with Gasteiger partial charge < -0.3 is 19.5 Å². The molecule has 0 saturated carbocycles. The van der Waals surface area contributed by atoms with Crippen LogP contribution in [-0.2, 0) is 16.9 Å². The normalized spacial score (nSPS) is 14.8. The van der Waals surface area contributed by atoms with Gasteiger partial charge in [0.15, 0.2) is 5.65 Å². The lowest BCUT2D eigenvalue weighted by atomic mass is 9.40. The highest BCUT2D eigenvalue weighted by molar-refractivity contribution is 6.59. The van der Waals surface area contributed by atoms with E-state index < -0.39 is 5.11 Å². The summed E-state index contributed by atoms with van der Waals surface area (Å²) in [5, 5.41) is 5.64. The number of nitrogens with zero attached hydrogens (tertiary/aromatic N) is 7. The van der Waals surface area contributed by atoms with Gasteiger partial charge in [0, 0.05) is 26.2 Å². The van der Waals surface area contributed by atoms with Gasteiger partial charge in [0.05, 0.1) is 66.0 Å². The Kier molecular flexibility index (Phi) is 4.92. The van der Waals surface area contributed by atoms with Crippen LogP contribution in [0.3, 0.4) is 0 Å². The molecule has 0 unspecified atom stereocenters. The number of nitrogens with one attached hydrogen (secondary N) is 1. The van der Waals surface area contributed by atoms with Crippen LogP contribution in [0.25, 0.3) is 16.7 Å². The van der Waals surface area contributed by atoms with Crippen LogP contribution >= 0.6 is 0 Å². The number of rotatable bonds is 4. The van der Waals surface area contributed by atoms with Crippen molar-refractivity contribution < 1.29 is 4.74 Å². The molecule has 4 aromatic heterocycles. The van der Waals surface area contributed by atoms with Crippen LogP contribution in [0.2, 0.25) is 0 Å². The number of aromatic nitrogens is 6. The average molecular weight is 422 g/mol. The first kappa shape index (κ1) is 20.6. The summed E-state index contributed by atoms with van der Waals surface area (Å²) in [6.45, 7) is 2.50. The number of hydrogen-bond donors (Lipinski definition) is 1. The van der Waals surface area contributed by atoms with Crippen molar-refractivity contribution in [3.05, 3.63) is 46.8 Å². The second-order valence-electron chi connectivity index (χ2n) is 7.68. The van der Waals surface area contributed by atoms with E-state index in [1.54, 1.807) is 36.1 Å². The van der Waals surface area contributed by atoms with E-state index in [0.29, 0.717) is 54.2 Å². The van der Waals surface area contributed by atoms with Crippen molar-refractivity contribution >= 4 is 57.5 Å². The lowest BCUT2D eigenvalue weighted by Crippen LogP contribution is -2.37. The van der Waals surface area contributed by atoms with Gasteiger partial charge in [-0.2, -0.15) is 5.10 Å². The first-order chi connectivity index (χ1) is 15.3. The second-order valence-corrected chi connectivity index (χ2v) is 7.68. The maximum absolute atomic E-state index is 12.5. The standard InChI is InChI=1S/C19H17B3N8O2/c1-28-14-8-23-18(27-17(14)13(7-16(28)31)29-2-4-32-5-3-29)26-12-9-30-15(24-10-25-30)6-11(12)19(20,21)22/h6-10H,2-5H2,1H3,(H,23,26,27). The van der Waals surface area contributed by atoms with Crippen molar-refractivity contribution in [3.8, 4) is 0 Å². The summed E-state index contributed by atoms with van der Waals surface area (Å²) in [7, 11) is 19.6. The fraction of sp³-hybridized carbons (Fsp3) is 0.316. The molecule has 0 aromatic carbocycles. The molecule has 0 aliphatic carbocycles. The van der Waals surface area contributed by atoms with E-state index in [1.165, 1.54) is 10.9 Å². The van der Waals surface area contributed by atoms with Crippen LogP contribution < -0.4 is 15.8 Å². The van der Waals surface area contributed by atoms with E-state index in [4.69, 9.17) is 33.3 Å². The Labute approximate surface area is 187 Å². The minimum Gasteiger partial charge on any atom is -0.378 e. The van der Waals surface area contributed by atoms with Gasteiger partial charge in [-0.3, -0.25) is 4.79 Å². The Morgan fingerprint density at radius 2 is 1.94 bits per heavy atom. The predicted octanol–water partition coefficient (Wildman–Crippen LogP) is -0.433. The summed E-state index contributed by atoms with van der Waals surface area (Å²) in [6, 6.07) is 3.24. The van der Waals surface area contributed by atoms with Gasteiger partial charge in [-0.25, -0.2) is 19.5 Å². The third kappa shape index (κ3) is 3.62. The second kappa shape index (κ2) is 7.66. The van der Waals surface area contributed by atoms with Gasteiger partial charge >= 0.3 is 0 Å². The van der Waals surface area contributed by atoms with Crippen LogP contribution in [0.15, 0.2) is 35.6 Å². The summed E-state index contributed by atoms with van der Waals surface area (Å²) in [6.07, 6.45) is 4.68. The van der Waals surface area contributed by atoms with Gasteiger partial charge in [0.2, 0.25) is 5.95 Å². The molecular formula is C19H17B3N8O2. The van der Waals surface area contributed by atoms with Crippen molar-refractivity contribution in [1.29, 1.82) is 0 Å². The van der Waals surface area contributed by atoms with Gasteiger partial charge in [-0.05, 0) is 11.6 Å². The van der Waals surface area contributed by atoms with Crippen molar-refractivity contribution in [1.82, 2.24) is 29.1 Å². The van der Waals surface area contributed by atoms with Crippen molar-refractivity contribution in [2.75, 3.05) is 36.5 Å². The molecule has 1 fully saturated rings. The number of fused-ring (bicyclic) bond motifs is 2. The van der Waals surface area contributed by atoms with Gasteiger partial charge in [0.1, 0.15) is 11.8 Å². The van der Waals surface area contributed by atoms with Crippen molar-refractivity contribution in [2.24, 2.45) is 7.05 Å². The smallest absolute Gasteiger partial charge is 0.252 e. The molecule has 4 aromatic rings. The zero-order chi connectivity index (χ0) is 22.5. The maximum Gasteiger partial charge on any atom is 0.252 e. The largest absolute Gasteiger partial charge is 0.378 e. The topological polar surface area (TPSA) is 102 Å². The number of pyridine rings is 2. The number of hydrogen-bond acceptors (Lipinski definition) is 8. The SMILES string of the molecule is [B]C([B])([B])c1cc2ncnn2cc1Nc1ncc2c(n1)c(N1CCOCC1)cc(=O)n2C. The molecule has 1 aliphatic heterocycles. The molecule has 0 spiro atoms. The average Bonchev–Trinajstić information content (AvgIpc) is 3.23.